The van der Waals surface area contributed by atoms with Crippen molar-refractivity contribution in [3.8, 4) is 17.2 Å². The minimum atomic E-state index is 0.114. The SMILES string of the molecule is CC(=O)N1CCC(c2nc3c(C#N)c(C)c(-c4ccccc4)c(N4CCC(N(C)C)C4)c3o2)CC1. The van der Waals surface area contributed by atoms with E-state index in [2.05, 4.69) is 42.1 Å². The van der Waals surface area contributed by atoms with Crippen molar-refractivity contribution in [2.75, 3.05) is 45.2 Å². The van der Waals surface area contributed by atoms with Crippen molar-refractivity contribution in [2.45, 2.75) is 45.1 Å². The van der Waals surface area contributed by atoms with E-state index in [0.717, 1.165) is 60.3 Å². The summed E-state index contributed by atoms with van der Waals surface area (Å²) in [6.07, 6.45) is 2.72. The quantitative estimate of drug-likeness (QED) is 0.556. The van der Waals surface area contributed by atoms with Gasteiger partial charge in [0, 0.05) is 50.6 Å². The number of carbonyl (C=O) groups is 1. The van der Waals surface area contributed by atoms with Gasteiger partial charge in [0.05, 0.1) is 11.3 Å². The molecule has 1 atom stereocenters. The van der Waals surface area contributed by atoms with E-state index in [1.54, 1.807) is 6.92 Å². The Hall–Kier alpha value is -3.37. The summed E-state index contributed by atoms with van der Waals surface area (Å²) in [6.45, 7) is 6.90. The van der Waals surface area contributed by atoms with E-state index in [-0.39, 0.29) is 11.8 Å². The number of piperidine rings is 1. The molecule has 3 aromatic rings. The van der Waals surface area contributed by atoms with E-state index in [4.69, 9.17) is 9.40 Å². The minimum absolute atomic E-state index is 0.114. The number of anilines is 1. The molecule has 3 heterocycles. The van der Waals surface area contributed by atoms with E-state index in [1.807, 2.05) is 30.0 Å². The molecule has 1 amide bonds. The zero-order chi connectivity index (χ0) is 24.7. The highest BCUT2D eigenvalue weighted by Crippen LogP contribution is 2.45. The average Bonchev–Trinajstić information content (AvgIpc) is 3.52. The third kappa shape index (κ3) is 4.17. The van der Waals surface area contributed by atoms with Crippen LogP contribution in [0, 0.1) is 18.3 Å². The molecule has 5 rings (SSSR count). The van der Waals surface area contributed by atoms with Gasteiger partial charge in [-0.2, -0.15) is 5.26 Å². The predicted molar refractivity (Wildman–Crippen MR) is 137 cm³/mol. The Kier molecular flexibility index (Phi) is 6.24. The first-order chi connectivity index (χ1) is 16.9. The standard InChI is InChI=1S/C28H33N5O2/c1-18-23(16-29)25-27(35-28(30-25)21-10-13-32(14-11-21)19(2)34)26(24(18)20-8-6-5-7-9-20)33-15-12-22(17-33)31(3)4/h5-9,21-22H,10-15,17H2,1-4H3. The molecule has 2 aromatic carbocycles. The van der Waals surface area contributed by atoms with Gasteiger partial charge in [-0.1, -0.05) is 30.3 Å². The first kappa shape index (κ1) is 23.4. The Balaban J connectivity index is 1.67. The van der Waals surface area contributed by atoms with E-state index in [1.165, 1.54) is 0 Å². The molecule has 2 aliphatic rings. The van der Waals surface area contributed by atoms with Crippen LogP contribution in [0.1, 0.15) is 49.1 Å². The summed E-state index contributed by atoms with van der Waals surface area (Å²) in [7, 11) is 4.26. The molecule has 0 aliphatic carbocycles. The molecule has 2 fully saturated rings. The Morgan fingerprint density at radius 1 is 1.14 bits per heavy atom. The first-order valence-electron chi connectivity index (χ1n) is 12.5. The Labute approximate surface area is 206 Å². The Morgan fingerprint density at radius 3 is 2.46 bits per heavy atom. The molecule has 2 aliphatic heterocycles. The molecule has 0 bridgehead atoms. The summed E-state index contributed by atoms with van der Waals surface area (Å²) < 4.78 is 6.58. The van der Waals surface area contributed by atoms with Gasteiger partial charge in [0.1, 0.15) is 11.6 Å². The van der Waals surface area contributed by atoms with Gasteiger partial charge in [-0.3, -0.25) is 4.79 Å². The van der Waals surface area contributed by atoms with Crippen LogP contribution in [0.2, 0.25) is 0 Å². The van der Waals surface area contributed by atoms with Crippen molar-refractivity contribution in [2.24, 2.45) is 0 Å². The maximum Gasteiger partial charge on any atom is 0.219 e. The van der Waals surface area contributed by atoms with E-state index < -0.39 is 0 Å². The lowest BCUT2D eigenvalue weighted by atomic mass is 9.93. The lowest BCUT2D eigenvalue weighted by Crippen LogP contribution is -2.36. The first-order valence-corrected chi connectivity index (χ1v) is 12.5. The highest BCUT2D eigenvalue weighted by molar-refractivity contribution is 6.02. The molecule has 1 aromatic heterocycles. The largest absolute Gasteiger partial charge is 0.438 e. The molecule has 0 spiro atoms. The lowest BCUT2D eigenvalue weighted by Gasteiger charge is -2.29. The fourth-order valence-corrected chi connectivity index (χ4v) is 5.64. The molecular weight excluding hydrogens is 438 g/mol. The van der Waals surface area contributed by atoms with Gasteiger partial charge in [-0.25, -0.2) is 4.98 Å². The highest BCUT2D eigenvalue weighted by atomic mass is 16.3. The fourth-order valence-electron chi connectivity index (χ4n) is 5.64. The molecule has 0 saturated carbocycles. The monoisotopic (exact) mass is 471 g/mol. The maximum absolute atomic E-state index is 11.8. The van der Waals surface area contributed by atoms with E-state index in [9.17, 15) is 10.1 Å². The van der Waals surface area contributed by atoms with Gasteiger partial charge < -0.3 is 19.1 Å². The second-order valence-corrected chi connectivity index (χ2v) is 10.1. The molecule has 35 heavy (non-hydrogen) atoms. The van der Waals surface area contributed by atoms with Gasteiger partial charge in [0.2, 0.25) is 5.91 Å². The normalized spacial score (nSPS) is 19.0. The number of nitrogens with zero attached hydrogens (tertiary/aromatic N) is 5. The number of amides is 1. The molecule has 1 unspecified atom stereocenters. The van der Waals surface area contributed by atoms with Crippen molar-refractivity contribution in [1.29, 1.82) is 5.26 Å². The fraction of sp³-hybridized carbons (Fsp3) is 0.464. The molecule has 7 heteroatoms. The van der Waals surface area contributed by atoms with Crippen molar-refractivity contribution in [1.82, 2.24) is 14.8 Å². The smallest absolute Gasteiger partial charge is 0.219 e. The van der Waals surface area contributed by atoms with Crippen LogP contribution in [0.4, 0.5) is 5.69 Å². The number of carbonyl (C=O) groups excluding carboxylic acids is 1. The molecule has 0 radical (unpaired) electrons. The molecule has 0 N–H and O–H groups in total. The molecular formula is C28H33N5O2. The van der Waals surface area contributed by atoms with Gasteiger partial charge in [-0.05, 0) is 51.4 Å². The van der Waals surface area contributed by atoms with Crippen LogP contribution in [0.5, 0.6) is 0 Å². The molecule has 7 nitrogen and oxygen atoms in total. The second kappa shape index (κ2) is 9.35. The third-order valence-electron chi connectivity index (χ3n) is 7.76. The van der Waals surface area contributed by atoms with Crippen LogP contribution in [-0.2, 0) is 4.79 Å². The average molecular weight is 472 g/mol. The summed E-state index contributed by atoms with van der Waals surface area (Å²) in [6, 6.07) is 13.2. The maximum atomic E-state index is 11.8. The van der Waals surface area contributed by atoms with Gasteiger partial charge >= 0.3 is 0 Å². The number of hydrogen-bond donors (Lipinski definition) is 0. The number of fused-ring (bicyclic) bond motifs is 1. The van der Waals surface area contributed by atoms with E-state index >= 15 is 0 Å². The highest BCUT2D eigenvalue weighted by Gasteiger charge is 2.33. The van der Waals surface area contributed by atoms with Crippen LogP contribution in [0.3, 0.4) is 0 Å². The summed E-state index contributed by atoms with van der Waals surface area (Å²) in [5.41, 5.74) is 6.10. The van der Waals surface area contributed by atoms with Crippen molar-refractivity contribution in [3.05, 3.63) is 47.3 Å². The lowest BCUT2D eigenvalue weighted by molar-refractivity contribution is -0.129. The minimum Gasteiger partial charge on any atom is -0.438 e. The topological polar surface area (TPSA) is 76.6 Å². The Morgan fingerprint density at radius 2 is 1.86 bits per heavy atom. The predicted octanol–water partition coefficient (Wildman–Crippen LogP) is 4.54. The summed E-state index contributed by atoms with van der Waals surface area (Å²) in [4.78, 5) is 23.3. The number of oxazole rings is 1. The van der Waals surface area contributed by atoms with Gasteiger partial charge in [-0.15, -0.1) is 0 Å². The van der Waals surface area contributed by atoms with Crippen LogP contribution in [0.15, 0.2) is 34.7 Å². The number of likely N-dealkylation sites (N-methyl/N-ethyl adjacent to an activating group) is 1. The van der Waals surface area contributed by atoms with Crippen molar-refractivity contribution < 1.29 is 9.21 Å². The van der Waals surface area contributed by atoms with Gasteiger partial charge in [0.25, 0.3) is 0 Å². The zero-order valence-corrected chi connectivity index (χ0v) is 21.0. The number of likely N-dealkylation sites (tertiary alicyclic amines) is 1. The Bertz CT molecular complexity index is 1280. The number of hydrogen-bond acceptors (Lipinski definition) is 6. The van der Waals surface area contributed by atoms with Crippen LogP contribution < -0.4 is 4.90 Å². The van der Waals surface area contributed by atoms with Crippen LogP contribution in [0.25, 0.3) is 22.2 Å². The second-order valence-electron chi connectivity index (χ2n) is 10.1. The van der Waals surface area contributed by atoms with Gasteiger partial charge in [0.15, 0.2) is 11.5 Å². The third-order valence-corrected chi connectivity index (χ3v) is 7.76. The van der Waals surface area contributed by atoms with Crippen molar-refractivity contribution >= 4 is 22.7 Å². The van der Waals surface area contributed by atoms with E-state index in [0.29, 0.717) is 36.1 Å². The summed E-state index contributed by atoms with van der Waals surface area (Å²) >= 11 is 0. The zero-order valence-electron chi connectivity index (χ0n) is 21.0. The number of benzene rings is 2. The van der Waals surface area contributed by atoms with Crippen molar-refractivity contribution in [3.63, 3.8) is 0 Å². The number of nitriles is 1. The summed E-state index contributed by atoms with van der Waals surface area (Å²) in [5.74, 6) is 0.947. The van der Waals surface area contributed by atoms with Crippen LogP contribution in [-0.4, -0.2) is 67.0 Å². The van der Waals surface area contributed by atoms with Crippen LogP contribution >= 0.6 is 0 Å². The number of rotatable bonds is 4. The molecule has 2 saturated heterocycles. The number of aromatic nitrogens is 1. The summed E-state index contributed by atoms with van der Waals surface area (Å²) in [5, 5.41) is 10.2. The molecule has 182 valence electrons.